The highest BCUT2D eigenvalue weighted by molar-refractivity contribution is 5.41. The summed E-state index contributed by atoms with van der Waals surface area (Å²) < 4.78 is 0. The summed E-state index contributed by atoms with van der Waals surface area (Å²) in [5.74, 6) is 5.17. The molecular weight excluding hydrogens is 132 g/mol. The summed E-state index contributed by atoms with van der Waals surface area (Å²) in [5.41, 5.74) is 6.07. The van der Waals surface area contributed by atoms with E-state index in [1.165, 1.54) is 0 Å². The van der Waals surface area contributed by atoms with Gasteiger partial charge in [0.1, 0.15) is 0 Å². The molecular formula is C6H8N2O2. The van der Waals surface area contributed by atoms with Crippen molar-refractivity contribution in [3.05, 3.63) is 24.3 Å². The Kier molecular flexibility index (Phi) is 2.09. The normalized spacial score (nSPS) is 9.30. The fourth-order valence-corrected chi connectivity index (χ4v) is 0.579. The Hall–Kier alpha value is -1.26. The summed E-state index contributed by atoms with van der Waals surface area (Å²) >= 11 is 0. The minimum atomic E-state index is 0.525. The van der Waals surface area contributed by atoms with Crippen molar-refractivity contribution in [1.29, 1.82) is 0 Å². The zero-order valence-electron chi connectivity index (χ0n) is 5.28. The molecule has 4 nitrogen and oxygen atoms in total. The van der Waals surface area contributed by atoms with E-state index < -0.39 is 0 Å². The molecule has 0 saturated carbocycles. The number of nitrogens with two attached hydrogens (primary N) is 2. The second-order valence-corrected chi connectivity index (χ2v) is 1.75. The molecule has 4 heteroatoms. The van der Waals surface area contributed by atoms with Gasteiger partial charge in [-0.1, -0.05) is 4.99 Å². The van der Waals surface area contributed by atoms with Gasteiger partial charge >= 0.3 is 0 Å². The van der Waals surface area contributed by atoms with E-state index in [4.69, 9.17) is 5.73 Å². The predicted octanol–water partition coefficient (Wildman–Crippen LogP) is 0.453. The standard InChI is InChI=1S/C6H8N2O2/c7-5-1-3-6(4-2-5)9-10-8/h1-4H,7-8H2. The molecule has 10 heavy (non-hydrogen) atoms. The quantitative estimate of drug-likeness (QED) is 0.355. The van der Waals surface area contributed by atoms with Crippen LogP contribution in [0.4, 0.5) is 5.69 Å². The van der Waals surface area contributed by atoms with E-state index in [9.17, 15) is 0 Å². The maximum Gasteiger partial charge on any atom is 0.167 e. The van der Waals surface area contributed by atoms with Crippen LogP contribution >= 0.6 is 0 Å². The van der Waals surface area contributed by atoms with E-state index in [1.807, 2.05) is 0 Å². The summed E-state index contributed by atoms with van der Waals surface area (Å²) in [4.78, 5) is 8.41. The molecule has 0 heterocycles. The molecule has 0 bridgehead atoms. The highest BCUT2D eigenvalue weighted by Gasteiger charge is 1.90. The monoisotopic (exact) mass is 140 g/mol. The first-order chi connectivity index (χ1) is 4.83. The third-order valence-electron chi connectivity index (χ3n) is 1.02. The van der Waals surface area contributed by atoms with Gasteiger partial charge in [-0.25, -0.2) is 0 Å². The molecule has 0 unspecified atom stereocenters. The molecule has 0 radical (unpaired) electrons. The molecule has 1 aromatic rings. The summed E-state index contributed by atoms with van der Waals surface area (Å²) in [7, 11) is 0. The molecule has 0 spiro atoms. The number of rotatable bonds is 2. The molecule has 0 atom stereocenters. The van der Waals surface area contributed by atoms with Crippen LogP contribution in [0.3, 0.4) is 0 Å². The Bertz CT molecular complexity index is 197. The van der Waals surface area contributed by atoms with E-state index >= 15 is 0 Å². The van der Waals surface area contributed by atoms with Crippen molar-refractivity contribution in [1.82, 2.24) is 0 Å². The lowest BCUT2D eigenvalue weighted by Crippen LogP contribution is -2.02. The van der Waals surface area contributed by atoms with Crippen molar-refractivity contribution in [2.45, 2.75) is 0 Å². The number of nitrogen functional groups attached to an aromatic ring is 1. The van der Waals surface area contributed by atoms with E-state index in [-0.39, 0.29) is 0 Å². The van der Waals surface area contributed by atoms with Crippen LogP contribution in [0.1, 0.15) is 0 Å². The first kappa shape index (κ1) is 6.85. The summed E-state index contributed by atoms with van der Waals surface area (Å²) in [5, 5.41) is 0. The van der Waals surface area contributed by atoms with Gasteiger partial charge in [0.25, 0.3) is 0 Å². The molecule has 0 aliphatic carbocycles. The average Bonchev–Trinajstić information content (AvgIpc) is 1.95. The maximum atomic E-state index is 5.40. The highest BCUT2D eigenvalue weighted by atomic mass is 17.3. The molecule has 0 aliphatic heterocycles. The SMILES string of the molecule is NOOc1ccc(N)cc1. The van der Waals surface area contributed by atoms with Crippen LogP contribution in [0.5, 0.6) is 5.75 Å². The van der Waals surface area contributed by atoms with Gasteiger partial charge in [-0.05, 0) is 24.3 Å². The van der Waals surface area contributed by atoms with E-state index in [0.717, 1.165) is 0 Å². The van der Waals surface area contributed by atoms with Crippen LogP contribution in [-0.4, -0.2) is 0 Å². The molecule has 1 rings (SSSR count). The van der Waals surface area contributed by atoms with Gasteiger partial charge in [0, 0.05) is 5.69 Å². The highest BCUT2D eigenvalue weighted by Crippen LogP contribution is 2.12. The molecule has 0 aliphatic rings. The molecule has 1 aromatic carbocycles. The van der Waals surface area contributed by atoms with Gasteiger partial charge in [-0.3, -0.25) is 0 Å². The lowest BCUT2D eigenvalue weighted by Gasteiger charge is -1.98. The van der Waals surface area contributed by atoms with Crippen LogP contribution in [0, 0.1) is 0 Å². The minimum Gasteiger partial charge on any atom is -0.399 e. The summed E-state index contributed by atoms with van der Waals surface area (Å²) in [6.45, 7) is 0. The lowest BCUT2D eigenvalue weighted by molar-refractivity contribution is -0.211. The van der Waals surface area contributed by atoms with E-state index in [1.54, 1.807) is 24.3 Å². The van der Waals surface area contributed by atoms with Crippen LogP contribution in [0.2, 0.25) is 0 Å². The topological polar surface area (TPSA) is 70.5 Å². The number of benzene rings is 1. The zero-order valence-corrected chi connectivity index (χ0v) is 5.28. The summed E-state index contributed by atoms with van der Waals surface area (Å²) in [6, 6.07) is 6.69. The minimum absolute atomic E-state index is 0.525. The van der Waals surface area contributed by atoms with Crippen LogP contribution in [0.15, 0.2) is 24.3 Å². The maximum absolute atomic E-state index is 5.40. The molecule has 54 valence electrons. The predicted molar refractivity (Wildman–Crippen MR) is 36.8 cm³/mol. The number of hydrogen-bond acceptors (Lipinski definition) is 4. The van der Waals surface area contributed by atoms with Crippen molar-refractivity contribution in [2.24, 2.45) is 5.90 Å². The van der Waals surface area contributed by atoms with Gasteiger partial charge in [0.2, 0.25) is 0 Å². The molecule has 0 aromatic heterocycles. The molecule has 0 amide bonds. The van der Waals surface area contributed by atoms with Crippen molar-refractivity contribution < 1.29 is 9.88 Å². The lowest BCUT2D eigenvalue weighted by atomic mass is 10.3. The van der Waals surface area contributed by atoms with Gasteiger partial charge in [0.05, 0.1) is 0 Å². The van der Waals surface area contributed by atoms with E-state index in [2.05, 4.69) is 15.8 Å². The average molecular weight is 140 g/mol. The second kappa shape index (κ2) is 3.05. The van der Waals surface area contributed by atoms with Crippen LogP contribution in [0.25, 0.3) is 0 Å². The van der Waals surface area contributed by atoms with Crippen LogP contribution < -0.4 is 16.5 Å². The Balaban J connectivity index is 2.69. The van der Waals surface area contributed by atoms with Crippen molar-refractivity contribution in [2.75, 3.05) is 5.73 Å². The molecule has 0 fully saturated rings. The third kappa shape index (κ3) is 1.61. The fraction of sp³-hybridized carbons (Fsp3) is 0. The Morgan fingerprint density at radius 2 is 1.70 bits per heavy atom. The van der Waals surface area contributed by atoms with Crippen LogP contribution in [-0.2, 0) is 4.99 Å². The number of hydrogen-bond donors (Lipinski definition) is 2. The van der Waals surface area contributed by atoms with Gasteiger partial charge < -0.3 is 10.6 Å². The second-order valence-electron chi connectivity index (χ2n) is 1.75. The Morgan fingerprint density at radius 3 is 2.20 bits per heavy atom. The van der Waals surface area contributed by atoms with E-state index in [0.29, 0.717) is 11.4 Å². The smallest absolute Gasteiger partial charge is 0.167 e. The fourth-order valence-electron chi connectivity index (χ4n) is 0.579. The van der Waals surface area contributed by atoms with Gasteiger partial charge in [-0.2, -0.15) is 5.90 Å². The van der Waals surface area contributed by atoms with Crippen molar-refractivity contribution in [3.63, 3.8) is 0 Å². The van der Waals surface area contributed by atoms with Crippen molar-refractivity contribution >= 4 is 5.69 Å². The largest absolute Gasteiger partial charge is 0.399 e. The first-order valence-electron chi connectivity index (χ1n) is 2.72. The summed E-state index contributed by atoms with van der Waals surface area (Å²) in [6.07, 6.45) is 0. The Labute approximate surface area is 58.2 Å². The zero-order chi connectivity index (χ0) is 7.40. The molecule has 4 N–H and O–H groups in total. The third-order valence-corrected chi connectivity index (χ3v) is 1.02. The van der Waals surface area contributed by atoms with Crippen molar-refractivity contribution in [3.8, 4) is 5.75 Å². The molecule has 0 saturated heterocycles. The Morgan fingerprint density at radius 1 is 1.10 bits per heavy atom. The van der Waals surface area contributed by atoms with Gasteiger partial charge in [0.15, 0.2) is 5.75 Å². The van der Waals surface area contributed by atoms with Gasteiger partial charge in [-0.15, -0.1) is 0 Å². The first-order valence-corrected chi connectivity index (χ1v) is 2.72. The number of anilines is 1.